The van der Waals surface area contributed by atoms with Gasteiger partial charge in [-0.05, 0) is 32.3 Å². The fourth-order valence-corrected chi connectivity index (χ4v) is 2.86. The van der Waals surface area contributed by atoms with Crippen molar-refractivity contribution in [3.63, 3.8) is 0 Å². The number of hydrogen-bond acceptors (Lipinski definition) is 4. The largest absolute Gasteiger partial charge is 0.370 e. The minimum absolute atomic E-state index is 0.0462. The number of carbonyl (C=O) groups is 1. The first-order chi connectivity index (χ1) is 13.6. The molecule has 0 fully saturated rings. The quantitative estimate of drug-likeness (QED) is 0.576. The zero-order valence-electron chi connectivity index (χ0n) is 16.4. The van der Waals surface area contributed by atoms with Crippen LogP contribution in [0.2, 0.25) is 0 Å². The number of rotatable bonds is 8. The Morgan fingerprint density at radius 2 is 1.64 bits per heavy atom. The number of nitrogens with zero attached hydrogens (tertiary/aromatic N) is 2. The average molecular weight is 374 g/mol. The maximum atomic E-state index is 12.5. The fraction of sp³-hybridized carbons (Fsp3) is 0.261. The Hall–Kier alpha value is -3.21. The highest BCUT2D eigenvalue weighted by Gasteiger charge is 2.13. The Labute approximate surface area is 166 Å². The van der Waals surface area contributed by atoms with Crippen molar-refractivity contribution in [2.24, 2.45) is 0 Å². The van der Waals surface area contributed by atoms with Crippen LogP contribution in [0.1, 0.15) is 36.3 Å². The van der Waals surface area contributed by atoms with Gasteiger partial charge in [-0.2, -0.15) is 0 Å². The Morgan fingerprint density at radius 1 is 0.964 bits per heavy atom. The molecule has 0 unspecified atom stereocenters. The number of amides is 1. The topological polar surface area (TPSA) is 66.9 Å². The molecule has 2 N–H and O–H groups in total. The first kappa shape index (κ1) is 19.5. The van der Waals surface area contributed by atoms with Crippen LogP contribution in [0.25, 0.3) is 11.4 Å². The van der Waals surface area contributed by atoms with E-state index in [1.54, 1.807) is 6.07 Å². The van der Waals surface area contributed by atoms with Gasteiger partial charge in [-0.15, -0.1) is 0 Å². The van der Waals surface area contributed by atoms with Crippen LogP contribution in [0, 0.1) is 0 Å². The van der Waals surface area contributed by atoms with Crippen molar-refractivity contribution < 1.29 is 4.79 Å². The summed E-state index contributed by atoms with van der Waals surface area (Å²) in [5, 5.41) is 6.24. The smallest absolute Gasteiger partial charge is 0.270 e. The van der Waals surface area contributed by atoms with Gasteiger partial charge in [0.05, 0.1) is 0 Å². The van der Waals surface area contributed by atoms with Gasteiger partial charge in [0.1, 0.15) is 11.5 Å². The van der Waals surface area contributed by atoms with Gasteiger partial charge < -0.3 is 10.6 Å². The fourth-order valence-electron chi connectivity index (χ4n) is 2.86. The van der Waals surface area contributed by atoms with Gasteiger partial charge in [-0.25, -0.2) is 9.97 Å². The summed E-state index contributed by atoms with van der Waals surface area (Å²) < 4.78 is 0. The number of aromatic nitrogens is 2. The number of nitrogens with one attached hydrogen (secondary N) is 2. The molecule has 0 saturated carbocycles. The monoisotopic (exact) mass is 374 g/mol. The lowest BCUT2D eigenvalue weighted by Gasteiger charge is -2.12. The molecule has 28 heavy (non-hydrogen) atoms. The van der Waals surface area contributed by atoms with Crippen LogP contribution in [0.15, 0.2) is 66.7 Å². The maximum absolute atomic E-state index is 12.5. The molecular formula is C23H26N4O. The molecule has 1 amide bonds. The molecule has 1 heterocycles. The van der Waals surface area contributed by atoms with Gasteiger partial charge in [0.25, 0.3) is 5.91 Å². The third-order valence-corrected chi connectivity index (χ3v) is 4.20. The van der Waals surface area contributed by atoms with Gasteiger partial charge in [-0.3, -0.25) is 4.79 Å². The molecule has 5 heteroatoms. The number of benzene rings is 2. The van der Waals surface area contributed by atoms with Crippen LogP contribution in [-0.4, -0.2) is 28.5 Å². The van der Waals surface area contributed by atoms with Crippen LogP contribution in [0.5, 0.6) is 0 Å². The number of anilines is 1. The zero-order chi connectivity index (χ0) is 19.8. The molecule has 5 nitrogen and oxygen atoms in total. The van der Waals surface area contributed by atoms with E-state index in [2.05, 4.69) is 44.9 Å². The van der Waals surface area contributed by atoms with Crippen molar-refractivity contribution in [3.8, 4) is 11.4 Å². The number of hydrogen-bond donors (Lipinski definition) is 2. The second-order valence-electron chi connectivity index (χ2n) is 6.97. The summed E-state index contributed by atoms with van der Waals surface area (Å²) in [5.74, 6) is 1.01. The molecule has 0 atom stereocenters. The van der Waals surface area contributed by atoms with E-state index < -0.39 is 0 Å². The first-order valence-corrected chi connectivity index (χ1v) is 9.65. The summed E-state index contributed by atoms with van der Waals surface area (Å²) in [4.78, 5) is 21.6. The van der Waals surface area contributed by atoms with Crippen LogP contribution < -0.4 is 10.6 Å². The second-order valence-corrected chi connectivity index (χ2v) is 6.97. The normalized spacial score (nSPS) is 10.7. The molecule has 0 aliphatic rings. The van der Waals surface area contributed by atoms with Crippen molar-refractivity contribution in [1.29, 1.82) is 0 Å². The van der Waals surface area contributed by atoms with E-state index in [4.69, 9.17) is 0 Å². The van der Waals surface area contributed by atoms with Gasteiger partial charge in [0.2, 0.25) is 0 Å². The molecule has 0 aliphatic heterocycles. The molecule has 1 aromatic heterocycles. The lowest BCUT2D eigenvalue weighted by molar-refractivity contribution is 0.0938. The molecule has 0 spiro atoms. The molecule has 0 aliphatic carbocycles. The molecule has 144 valence electrons. The van der Waals surface area contributed by atoms with Crippen molar-refractivity contribution in [1.82, 2.24) is 15.3 Å². The predicted molar refractivity (Wildman–Crippen MR) is 113 cm³/mol. The zero-order valence-corrected chi connectivity index (χ0v) is 16.4. The Morgan fingerprint density at radius 3 is 2.32 bits per heavy atom. The van der Waals surface area contributed by atoms with Crippen LogP contribution >= 0.6 is 0 Å². The van der Waals surface area contributed by atoms with E-state index in [0.29, 0.717) is 17.3 Å². The van der Waals surface area contributed by atoms with Gasteiger partial charge in [0, 0.05) is 24.2 Å². The summed E-state index contributed by atoms with van der Waals surface area (Å²) in [6, 6.07) is 21.9. The molecule has 0 bridgehead atoms. The third-order valence-electron chi connectivity index (χ3n) is 4.20. The van der Waals surface area contributed by atoms with E-state index in [-0.39, 0.29) is 11.9 Å². The minimum Gasteiger partial charge on any atom is -0.370 e. The third kappa shape index (κ3) is 5.64. The second kappa shape index (κ2) is 9.65. The highest BCUT2D eigenvalue weighted by molar-refractivity contribution is 5.93. The predicted octanol–water partition coefficient (Wildman–Crippen LogP) is 4.33. The summed E-state index contributed by atoms with van der Waals surface area (Å²) in [7, 11) is 0. The summed E-state index contributed by atoms with van der Waals surface area (Å²) in [6.45, 7) is 4.63. The van der Waals surface area contributed by atoms with E-state index in [9.17, 15) is 4.79 Å². The van der Waals surface area contributed by atoms with Crippen LogP contribution in [0.4, 0.5) is 5.82 Å². The SMILES string of the molecule is CC(C)NC(=O)c1cc(NCCCc2ccccc2)nc(-c2ccccc2)n1. The molecule has 0 saturated heterocycles. The van der Waals surface area contributed by atoms with E-state index >= 15 is 0 Å². The van der Waals surface area contributed by atoms with Crippen molar-refractivity contribution in [2.45, 2.75) is 32.7 Å². The van der Waals surface area contributed by atoms with Gasteiger partial charge in [-0.1, -0.05) is 60.7 Å². The summed E-state index contributed by atoms with van der Waals surface area (Å²) in [5.41, 5.74) is 2.57. The van der Waals surface area contributed by atoms with Crippen molar-refractivity contribution in [2.75, 3.05) is 11.9 Å². The van der Waals surface area contributed by atoms with E-state index in [0.717, 1.165) is 24.9 Å². The molecule has 2 aromatic carbocycles. The number of carbonyl (C=O) groups excluding carboxylic acids is 1. The Kier molecular flexibility index (Phi) is 6.73. The lowest BCUT2D eigenvalue weighted by Crippen LogP contribution is -2.31. The Balaban J connectivity index is 1.74. The number of aryl methyl sites for hydroxylation is 1. The molecular weight excluding hydrogens is 348 g/mol. The van der Waals surface area contributed by atoms with Crippen LogP contribution in [-0.2, 0) is 6.42 Å². The van der Waals surface area contributed by atoms with Crippen LogP contribution in [0.3, 0.4) is 0 Å². The molecule has 0 radical (unpaired) electrons. The molecule has 3 aromatic rings. The lowest BCUT2D eigenvalue weighted by atomic mass is 10.1. The highest BCUT2D eigenvalue weighted by Crippen LogP contribution is 2.18. The maximum Gasteiger partial charge on any atom is 0.270 e. The first-order valence-electron chi connectivity index (χ1n) is 9.65. The Bertz CT molecular complexity index is 895. The standard InChI is InChI=1S/C23H26N4O/c1-17(2)25-23(28)20-16-21(24-15-9-12-18-10-5-3-6-11-18)27-22(26-20)19-13-7-4-8-14-19/h3-8,10-11,13-14,16-17H,9,12,15H2,1-2H3,(H,25,28)(H,24,26,27). The van der Waals surface area contributed by atoms with Gasteiger partial charge in [0.15, 0.2) is 5.82 Å². The summed E-state index contributed by atoms with van der Waals surface area (Å²) >= 11 is 0. The molecule has 3 rings (SSSR count). The van der Waals surface area contributed by atoms with Crippen molar-refractivity contribution in [3.05, 3.63) is 78.0 Å². The van der Waals surface area contributed by atoms with E-state index in [1.807, 2.05) is 50.2 Å². The minimum atomic E-state index is -0.193. The van der Waals surface area contributed by atoms with Gasteiger partial charge >= 0.3 is 0 Å². The van der Waals surface area contributed by atoms with E-state index in [1.165, 1.54) is 5.56 Å². The summed E-state index contributed by atoms with van der Waals surface area (Å²) in [6.07, 6.45) is 1.97. The average Bonchev–Trinajstić information content (AvgIpc) is 2.72. The highest BCUT2D eigenvalue weighted by atomic mass is 16.1. The van der Waals surface area contributed by atoms with Crippen molar-refractivity contribution >= 4 is 11.7 Å².